The quantitative estimate of drug-likeness (QED) is 0.771. The maximum Gasteiger partial charge on any atom is 0.209 e. The monoisotopic (exact) mass is 291 g/mol. The van der Waals surface area contributed by atoms with Gasteiger partial charge in [0.15, 0.2) is 0 Å². The van der Waals surface area contributed by atoms with Crippen molar-refractivity contribution in [3.63, 3.8) is 0 Å². The van der Waals surface area contributed by atoms with Crippen molar-refractivity contribution in [2.24, 2.45) is 5.14 Å². The second-order valence-corrected chi connectivity index (χ2v) is 7.88. The summed E-state index contributed by atoms with van der Waals surface area (Å²) in [5.41, 5.74) is 1.08. The third-order valence-corrected chi connectivity index (χ3v) is 4.46. The van der Waals surface area contributed by atoms with Crippen molar-refractivity contribution in [1.29, 1.82) is 0 Å². The van der Waals surface area contributed by atoms with Crippen LogP contribution in [0.15, 0.2) is 5.38 Å². The highest BCUT2D eigenvalue weighted by atomic mass is 32.2. The van der Waals surface area contributed by atoms with Crippen LogP contribution in [0.5, 0.6) is 0 Å². The maximum absolute atomic E-state index is 10.7. The number of sulfonamides is 1. The Morgan fingerprint density at radius 2 is 2.11 bits per heavy atom. The molecule has 0 atom stereocenters. The Balaban J connectivity index is 2.30. The molecule has 3 N–H and O–H groups in total. The van der Waals surface area contributed by atoms with Crippen molar-refractivity contribution in [3.8, 4) is 0 Å². The van der Waals surface area contributed by atoms with E-state index in [0.29, 0.717) is 19.5 Å². The van der Waals surface area contributed by atoms with Crippen LogP contribution < -0.4 is 10.5 Å². The predicted octanol–water partition coefficient (Wildman–Crippen LogP) is 1.21. The average Bonchev–Trinajstić information content (AvgIpc) is 2.63. The van der Waals surface area contributed by atoms with Crippen LogP contribution in [-0.4, -0.2) is 25.7 Å². The summed E-state index contributed by atoms with van der Waals surface area (Å²) in [6.07, 6.45) is 0.523. The molecule has 104 valence electrons. The molecule has 0 radical (unpaired) electrons. The molecule has 18 heavy (non-hydrogen) atoms. The van der Waals surface area contributed by atoms with Gasteiger partial charge in [0.05, 0.1) is 16.5 Å². The van der Waals surface area contributed by atoms with Gasteiger partial charge in [0.2, 0.25) is 10.0 Å². The lowest BCUT2D eigenvalue weighted by molar-refractivity contribution is 0.577. The first-order chi connectivity index (χ1) is 8.18. The molecule has 1 aromatic heterocycles. The third kappa shape index (κ3) is 5.90. The van der Waals surface area contributed by atoms with Gasteiger partial charge in [-0.3, -0.25) is 0 Å². The molecule has 0 aliphatic carbocycles. The van der Waals surface area contributed by atoms with E-state index < -0.39 is 10.0 Å². The number of nitrogens with two attached hydrogens (primary N) is 1. The highest BCUT2D eigenvalue weighted by molar-refractivity contribution is 7.89. The van der Waals surface area contributed by atoms with Gasteiger partial charge in [0, 0.05) is 17.3 Å². The number of hydrogen-bond acceptors (Lipinski definition) is 5. The zero-order valence-electron chi connectivity index (χ0n) is 11.1. The van der Waals surface area contributed by atoms with Crippen LogP contribution in [0.25, 0.3) is 0 Å². The fourth-order valence-corrected chi connectivity index (χ4v) is 2.80. The molecule has 0 aromatic carbocycles. The lowest BCUT2D eigenvalue weighted by Crippen LogP contribution is -2.22. The van der Waals surface area contributed by atoms with Gasteiger partial charge < -0.3 is 5.32 Å². The van der Waals surface area contributed by atoms with E-state index >= 15 is 0 Å². The molecule has 0 bridgehead atoms. The fourth-order valence-electron chi connectivity index (χ4n) is 1.35. The molecule has 1 aromatic rings. The van der Waals surface area contributed by atoms with Crippen LogP contribution in [-0.2, 0) is 22.0 Å². The standard InChI is InChI=1S/C11H21N3O2S2/c1-11(2,3)10-14-9(8-17-10)7-13-5-4-6-18(12,15)16/h8,13H,4-7H2,1-3H3,(H2,12,15,16). The van der Waals surface area contributed by atoms with E-state index in [4.69, 9.17) is 5.14 Å². The number of nitrogens with one attached hydrogen (secondary N) is 1. The van der Waals surface area contributed by atoms with Crippen molar-refractivity contribution in [3.05, 3.63) is 16.1 Å². The summed E-state index contributed by atoms with van der Waals surface area (Å²) < 4.78 is 21.4. The Kier molecular flexibility index (Phi) is 5.27. The molecule has 0 unspecified atom stereocenters. The second kappa shape index (κ2) is 6.10. The Hall–Kier alpha value is -0.500. The highest BCUT2D eigenvalue weighted by Crippen LogP contribution is 2.25. The molecule has 0 spiro atoms. The van der Waals surface area contributed by atoms with Crippen LogP contribution in [0.3, 0.4) is 0 Å². The second-order valence-electron chi connectivity index (χ2n) is 5.29. The molecule has 1 heterocycles. The number of thiazole rings is 1. The molecule has 0 saturated heterocycles. The molecular formula is C11H21N3O2S2. The number of rotatable bonds is 6. The molecule has 7 heteroatoms. The molecule has 1 rings (SSSR count). The van der Waals surface area contributed by atoms with Crippen LogP contribution in [0, 0.1) is 0 Å². The van der Waals surface area contributed by atoms with Crippen molar-refractivity contribution in [2.45, 2.75) is 39.2 Å². The maximum atomic E-state index is 10.7. The SMILES string of the molecule is CC(C)(C)c1nc(CNCCCS(N)(=O)=O)cs1. The van der Waals surface area contributed by atoms with Gasteiger partial charge in [-0.05, 0) is 13.0 Å². The summed E-state index contributed by atoms with van der Waals surface area (Å²) in [4.78, 5) is 4.54. The zero-order chi connectivity index (χ0) is 13.8. The number of primary sulfonamides is 1. The van der Waals surface area contributed by atoms with E-state index in [1.807, 2.05) is 5.38 Å². The normalized spacial score (nSPS) is 12.9. The largest absolute Gasteiger partial charge is 0.311 e. The summed E-state index contributed by atoms with van der Waals surface area (Å²) in [7, 11) is -3.34. The van der Waals surface area contributed by atoms with Crippen molar-refractivity contribution < 1.29 is 8.42 Å². The Morgan fingerprint density at radius 3 is 2.61 bits per heavy atom. The first-order valence-corrected chi connectivity index (χ1v) is 8.44. The van der Waals surface area contributed by atoms with Crippen LogP contribution in [0.2, 0.25) is 0 Å². The van der Waals surface area contributed by atoms with Crippen molar-refractivity contribution in [1.82, 2.24) is 10.3 Å². The molecule has 0 aliphatic rings. The number of nitrogens with zero attached hydrogens (tertiary/aromatic N) is 1. The van der Waals surface area contributed by atoms with Crippen LogP contribution in [0.4, 0.5) is 0 Å². The lowest BCUT2D eigenvalue weighted by atomic mass is 9.98. The fraction of sp³-hybridized carbons (Fsp3) is 0.727. The van der Waals surface area contributed by atoms with Gasteiger partial charge in [-0.25, -0.2) is 18.5 Å². The Morgan fingerprint density at radius 1 is 1.44 bits per heavy atom. The van der Waals surface area contributed by atoms with Gasteiger partial charge in [-0.1, -0.05) is 20.8 Å². The van der Waals surface area contributed by atoms with Gasteiger partial charge in [-0.15, -0.1) is 11.3 Å². The molecule has 0 aliphatic heterocycles. The summed E-state index contributed by atoms with van der Waals surface area (Å²) in [5.74, 6) is 0.0182. The van der Waals surface area contributed by atoms with E-state index in [1.54, 1.807) is 11.3 Å². The third-order valence-electron chi connectivity index (χ3n) is 2.28. The van der Waals surface area contributed by atoms with Gasteiger partial charge in [0.25, 0.3) is 0 Å². The number of aromatic nitrogens is 1. The number of hydrogen-bond donors (Lipinski definition) is 2. The van der Waals surface area contributed by atoms with E-state index in [1.165, 1.54) is 0 Å². The van der Waals surface area contributed by atoms with E-state index in [-0.39, 0.29) is 11.2 Å². The molecule has 0 saturated carbocycles. The molecule has 0 amide bonds. The van der Waals surface area contributed by atoms with Crippen molar-refractivity contribution >= 4 is 21.4 Å². The summed E-state index contributed by atoms with van der Waals surface area (Å²) in [5, 5.41) is 11.2. The van der Waals surface area contributed by atoms with Gasteiger partial charge >= 0.3 is 0 Å². The average molecular weight is 291 g/mol. The van der Waals surface area contributed by atoms with E-state index in [0.717, 1.165) is 10.7 Å². The summed E-state index contributed by atoms with van der Waals surface area (Å²) in [6, 6.07) is 0. The Bertz CT molecular complexity index is 475. The van der Waals surface area contributed by atoms with Crippen LogP contribution >= 0.6 is 11.3 Å². The summed E-state index contributed by atoms with van der Waals surface area (Å²) >= 11 is 1.66. The molecule has 0 fully saturated rings. The zero-order valence-corrected chi connectivity index (χ0v) is 12.7. The highest BCUT2D eigenvalue weighted by Gasteiger charge is 2.17. The smallest absolute Gasteiger partial charge is 0.209 e. The molecule has 5 nitrogen and oxygen atoms in total. The minimum absolute atomic E-state index is 0.0182. The van der Waals surface area contributed by atoms with E-state index in [9.17, 15) is 8.42 Å². The lowest BCUT2D eigenvalue weighted by Gasteiger charge is -2.13. The topological polar surface area (TPSA) is 85.1 Å². The van der Waals surface area contributed by atoms with Crippen molar-refractivity contribution in [2.75, 3.05) is 12.3 Å². The van der Waals surface area contributed by atoms with Crippen LogP contribution in [0.1, 0.15) is 37.9 Å². The van der Waals surface area contributed by atoms with E-state index in [2.05, 4.69) is 31.1 Å². The summed E-state index contributed by atoms with van der Waals surface area (Å²) in [6.45, 7) is 7.69. The first-order valence-electron chi connectivity index (χ1n) is 5.84. The molecular weight excluding hydrogens is 270 g/mol. The minimum Gasteiger partial charge on any atom is -0.311 e. The van der Waals surface area contributed by atoms with Gasteiger partial charge in [-0.2, -0.15) is 0 Å². The minimum atomic E-state index is -3.34. The van der Waals surface area contributed by atoms with Gasteiger partial charge in [0.1, 0.15) is 0 Å². The first kappa shape index (κ1) is 15.6. The Labute approximate surface area is 113 Å². The predicted molar refractivity (Wildman–Crippen MR) is 75.1 cm³/mol.